The third-order valence-electron chi connectivity index (χ3n) is 5.80. The van der Waals surface area contributed by atoms with Gasteiger partial charge in [-0.1, -0.05) is 31.5 Å². The highest BCUT2D eigenvalue weighted by atomic mass is 35.5. The van der Waals surface area contributed by atoms with Crippen molar-refractivity contribution >= 4 is 23.3 Å². The number of hydrogen-bond donors (Lipinski definition) is 1. The zero-order valence-electron chi connectivity index (χ0n) is 20.1. The molecule has 1 N–H and O–H groups in total. The summed E-state index contributed by atoms with van der Waals surface area (Å²) < 4.78 is 7.75. The molecule has 1 saturated heterocycles. The minimum Gasteiger partial charge on any atom is -0.493 e. The molecule has 0 aliphatic carbocycles. The summed E-state index contributed by atoms with van der Waals surface area (Å²) in [7, 11) is 0. The molecule has 0 atom stereocenters. The summed E-state index contributed by atoms with van der Waals surface area (Å²) in [5.41, 5.74) is 3.28. The van der Waals surface area contributed by atoms with Gasteiger partial charge in [-0.05, 0) is 74.7 Å². The molecule has 8 heteroatoms. The molecule has 0 bridgehead atoms. The van der Waals surface area contributed by atoms with Crippen molar-refractivity contribution < 1.29 is 9.53 Å². The average molecular weight is 482 g/mol. The Bertz CT molecular complexity index is 1120. The number of nitrogens with one attached hydrogen (secondary N) is 1. The fraction of sp³-hybridized carbons (Fsp3) is 0.423. The molecule has 34 heavy (non-hydrogen) atoms. The van der Waals surface area contributed by atoms with Crippen LogP contribution in [0.25, 0.3) is 0 Å². The number of likely N-dealkylation sites (tertiary alicyclic amines) is 1. The first-order chi connectivity index (χ1) is 16.4. The maximum atomic E-state index is 12.8. The highest BCUT2D eigenvalue weighted by Gasteiger charge is 2.16. The summed E-state index contributed by atoms with van der Waals surface area (Å²) in [5, 5.41) is 8.01. The van der Waals surface area contributed by atoms with E-state index in [-0.39, 0.29) is 5.91 Å². The summed E-state index contributed by atoms with van der Waals surface area (Å²) in [6, 6.07) is 11.2. The molecule has 0 spiro atoms. The monoisotopic (exact) mass is 481 g/mol. The SMILES string of the molecule is Cc1cc(C(=O)Nc2ccc(CN3CCCC3)cn2)nn1Cc1cc(Cl)ccc1OCC(C)C. The standard InChI is InChI=1S/C26H32ClN5O2/c1-18(2)17-34-24-8-7-22(27)13-21(24)16-32-19(3)12-23(30-32)26(33)29-25-9-6-20(14-28-25)15-31-10-4-5-11-31/h6-9,12-14,18H,4-5,10-11,15-17H2,1-3H3,(H,28,29,33). The number of amides is 1. The molecule has 1 amide bonds. The molecule has 1 aliphatic rings. The smallest absolute Gasteiger partial charge is 0.277 e. The van der Waals surface area contributed by atoms with E-state index in [1.807, 2.05) is 43.5 Å². The lowest BCUT2D eigenvalue weighted by Gasteiger charge is -2.14. The molecule has 2 aromatic heterocycles. The lowest BCUT2D eigenvalue weighted by molar-refractivity contribution is 0.102. The zero-order valence-corrected chi connectivity index (χ0v) is 20.8. The van der Waals surface area contributed by atoms with Gasteiger partial charge < -0.3 is 10.1 Å². The van der Waals surface area contributed by atoms with Crippen LogP contribution in [-0.4, -0.2) is 45.3 Å². The number of carbonyl (C=O) groups excluding carboxylic acids is 1. The van der Waals surface area contributed by atoms with Gasteiger partial charge in [0.25, 0.3) is 5.91 Å². The van der Waals surface area contributed by atoms with Crippen LogP contribution in [0.5, 0.6) is 5.75 Å². The maximum absolute atomic E-state index is 12.8. The molecule has 0 unspecified atom stereocenters. The van der Waals surface area contributed by atoms with E-state index in [2.05, 4.69) is 34.1 Å². The highest BCUT2D eigenvalue weighted by molar-refractivity contribution is 6.30. The Balaban J connectivity index is 1.41. The van der Waals surface area contributed by atoms with E-state index in [1.165, 1.54) is 12.8 Å². The largest absolute Gasteiger partial charge is 0.493 e. The van der Waals surface area contributed by atoms with E-state index in [0.717, 1.165) is 42.2 Å². The van der Waals surface area contributed by atoms with Gasteiger partial charge in [0.15, 0.2) is 5.69 Å². The van der Waals surface area contributed by atoms with E-state index in [4.69, 9.17) is 16.3 Å². The Morgan fingerprint density at radius 1 is 1.15 bits per heavy atom. The van der Waals surface area contributed by atoms with Gasteiger partial charge in [-0.25, -0.2) is 4.98 Å². The van der Waals surface area contributed by atoms with Crippen LogP contribution in [0.3, 0.4) is 0 Å². The number of ether oxygens (including phenoxy) is 1. The van der Waals surface area contributed by atoms with Crippen LogP contribution in [-0.2, 0) is 13.1 Å². The van der Waals surface area contributed by atoms with Crippen LogP contribution in [0.2, 0.25) is 5.02 Å². The molecule has 3 heterocycles. The second-order valence-corrected chi connectivity index (χ2v) is 9.71. The fourth-order valence-corrected chi connectivity index (χ4v) is 4.18. The van der Waals surface area contributed by atoms with E-state index in [9.17, 15) is 4.79 Å². The predicted molar refractivity (Wildman–Crippen MR) is 135 cm³/mol. The first-order valence-electron chi connectivity index (χ1n) is 11.8. The molecule has 0 saturated carbocycles. The summed E-state index contributed by atoms with van der Waals surface area (Å²) in [6.45, 7) is 10.4. The minimum atomic E-state index is -0.288. The molecule has 0 radical (unpaired) electrons. The number of nitrogens with zero attached hydrogens (tertiary/aromatic N) is 4. The molecular formula is C26H32ClN5O2. The number of pyridine rings is 1. The molecule has 3 aromatic rings. The van der Waals surface area contributed by atoms with Crippen LogP contribution >= 0.6 is 11.6 Å². The van der Waals surface area contributed by atoms with Crippen molar-refractivity contribution in [3.8, 4) is 5.75 Å². The Morgan fingerprint density at radius 2 is 1.94 bits per heavy atom. The van der Waals surface area contributed by atoms with Crippen molar-refractivity contribution in [1.29, 1.82) is 0 Å². The maximum Gasteiger partial charge on any atom is 0.277 e. The van der Waals surface area contributed by atoms with Crippen molar-refractivity contribution in [2.75, 3.05) is 25.0 Å². The summed E-state index contributed by atoms with van der Waals surface area (Å²) in [4.78, 5) is 19.6. The van der Waals surface area contributed by atoms with Crippen LogP contribution in [0.15, 0.2) is 42.6 Å². The van der Waals surface area contributed by atoms with E-state index >= 15 is 0 Å². The Labute approximate surface area is 206 Å². The first-order valence-corrected chi connectivity index (χ1v) is 12.2. The van der Waals surface area contributed by atoms with Gasteiger partial charge >= 0.3 is 0 Å². The minimum absolute atomic E-state index is 0.288. The number of hydrogen-bond acceptors (Lipinski definition) is 5. The summed E-state index contributed by atoms with van der Waals surface area (Å²) >= 11 is 6.23. The van der Waals surface area contributed by atoms with Crippen molar-refractivity contribution in [3.05, 3.63) is 70.1 Å². The average Bonchev–Trinajstić information content (AvgIpc) is 3.44. The lowest BCUT2D eigenvalue weighted by Crippen LogP contribution is -2.18. The van der Waals surface area contributed by atoms with E-state index in [1.54, 1.807) is 10.7 Å². The topological polar surface area (TPSA) is 72.3 Å². The van der Waals surface area contributed by atoms with Crippen molar-refractivity contribution in [2.45, 2.75) is 46.7 Å². The number of anilines is 1. The molecule has 1 aliphatic heterocycles. The molecule has 7 nitrogen and oxygen atoms in total. The van der Waals surface area contributed by atoms with E-state index < -0.39 is 0 Å². The first kappa shape index (κ1) is 24.2. The molecule has 180 valence electrons. The molecular weight excluding hydrogens is 450 g/mol. The lowest BCUT2D eigenvalue weighted by atomic mass is 10.2. The van der Waals surface area contributed by atoms with Gasteiger partial charge in [-0.3, -0.25) is 14.4 Å². The summed E-state index contributed by atoms with van der Waals surface area (Å²) in [6.07, 6.45) is 4.35. The second-order valence-electron chi connectivity index (χ2n) is 9.27. The quantitative estimate of drug-likeness (QED) is 0.456. The fourth-order valence-electron chi connectivity index (χ4n) is 3.98. The third kappa shape index (κ3) is 6.36. The number of aromatic nitrogens is 3. The molecule has 1 fully saturated rings. The van der Waals surface area contributed by atoms with E-state index in [0.29, 0.717) is 35.6 Å². The van der Waals surface area contributed by atoms with Crippen molar-refractivity contribution in [1.82, 2.24) is 19.7 Å². The predicted octanol–water partition coefficient (Wildman–Crippen LogP) is 5.17. The molecule has 4 rings (SSSR count). The third-order valence-corrected chi connectivity index (χ3v) is 6.03. The van der Waals surface area contributed by atoms with Crippen LogP contribution in [0, 0.1) is 12.8 Å². The highest BCUT2D eigenvalue weighted by Crippen LogP contribution is 2.25. The number of halogens is 1. The number of aryl methyl sites for hydroxylation is 1. The number of benzene rings is 1. The Hall–Kier alpha value is -2.90. The van der Waals surface area contributed by atoms with Crippen LogP contribution < -0.4 is 10.1 Å². The number of rotatable bonds is 9. The van der Waals surface area contributed by atoms with Crippen molar-refractivity contribution in [2.24, 2.45) is 5.92 Å². The normalized spacial score (nSPS) is 14.0. The zero-order chi connectivity index (χ0) is 24.1. The molecule has 1 aromatic carbocycles. The van der Waals surface area contributed by atoms with Gasteiger partial charge in [0.05, 0.1) is 13.2 Å². The Morgan fingerprint density at radius 3 is 2.65 bits per heavy atom. The summed E-state index contributed by atoms with van der Waals surface area (Å²) in [5.74, 6) is 1.41. The number of carbonyl (C=O) groups is 1. The van der Waals surface area contributed by atoms with Crippen LogP contribution in [0.4, 0.5) is 5.82 Å². The van der Waals surface area contributed by atoms with Gasteiger partial charge in [0.1, 0.15) is 11.6 Å². The van der Waals surface area contributed by atoms with Gasteiger partial charge in [-0.15, -0.1) is 0 Å². The van der Waals surface area contributed by atoms with Crippen molar-refractivity contribution in [3.63, 3.8) is 0 Å². The van der Waals surface area contributed by atoms with Crippen LogP contribution in [0.1, 0.15) is 54.0 Å². The van der Waals surface area contributed by atoms with Gasteiger partial charge in [0, 0.05) is 29.0 Å². The van der Waals surface area contributed by atoms with Gasteiger partial charge in [0.2, 0.25) is 0 Å². The second kappa shape index (κ2) is 11.0. The Kier molecular flexibility index (Phi) is 7.85. The van der Waals surface area contributed by atoms with Gasteiger partial charge in [-0.2, -0.15) is 5.10 Å².